The van der Waals surface area contributed by atoms with Gasteiger partial charge in [0, 0.05) is 18.4 Å². The van der Waals surface area contributed by atoms with Gasteiger partial charge in [-0.3, -0.25) is 0 Å². The number of rotatable bonds is 3. The predicted octanol–water partition coefficient (Wildman–Crippen LogP) is 1.54. The smallest absolute Gasteiger partial charge is 0.337 e. The van der Waals surface area contributed by atoms with Crippen molar-refractivity contribution in [3.05, 3.63) is 35.2 Å². The van der Waals surface area contributed by atoms with Gasteiger partial charge in [0.1, 0.15) is 6.33 Å². The van der Waals surface area contributed by atoms with E-state index in [4.69, 9.17) is 5.11 Å². The van der Waals surface area contributed by atoms with Crippen LogP contribution in [0.15, 0.2) is 12.4 Å². The van der Waals surface area contributed by atoms with Crippen LogP contribution in [0, 0.1) is 13.8 Å². The molecule has 0 amide bonds. The summed E-state index contributed by atoms with van der Waals surface area (Å²) in [6.07, 6.45) is 1.64. The number of hydrogen-bond acceptors (Lipinski definition) is 3. The molecule has 0 bridgehead atoms. The Morgan fingerprint density at radius 2 is 2.11 bits per heavy atom. The Morgan fingerprint density at radius 3 is 2.56 bits per heavy atom. The molecule has 2 aromatic rings. The lowest BCUT2D eigenvalue weighted by Crippen LogP contribution is -2.15. The predicted molar refractivity (Wildman–Crippen MR) is 65.7 cm³/mol. The highest BCUT2D eigenvalue weighted by atomic mass is 16.4. The highest BCUT2D eigenvalue weighted by molar-refractivity contribution is 5.89. The Labute approximate surface area is 105 Å². The molecule has 0 fully saturated rings. The van der Waals surface area contributed by atoms with E-state index in [9.17, 15) is 4.79 Å². The molecule has 0 saturated carbocycles. The molecule has 2 aromatic heterocycles. The van der Waals surface area contributed by atoms with E-state index < -0.39 is 5.97 Å². The minimum Gasteiger partial charge on any atom is -0.478 e. The lowest BCUT2D eigenvalue weighted by atomic mass is 10.2. The summed E-state index contributed by atoms with van der Waals surface area (Å²) in [5.41, 5.74) is 1.97. The van der Waals surface area contributed by atoms with Crippen molar-refractivity contribution in [2.24, 2.45) is 7.05 Å². The van der Waals surface area contributed by atoms with Crippen molar-refractivity contribution in [1.29, 1.82) is 0 Å². The summed E-state index contributed by atoms with van der Waals surface area (Å²) in [7, 11) is 1.87. The molecule has 1 unspecified atom stereocenters. The summed E-state index contributed by atoms with van der Waals surface area (Å²) in [5.74, 6) is -0.103. The van der Waals surface area contributed by atoms with Crippen LogP contribution in [0.5, 0.6) is 0 Å². The third-order valence-electron chi connectivity index (χ3n) is 3.22. The molecule has 0 saturated heterocycles. The van der Waals surface area contributed by atoms with E-state index in [0.717, 1.165) is 17.2 Å². The summed E-state index contributed by atoms with van der Waals surface area (Å²) >= 11 is 0. The zero-order chi connectivity index (χ0) is 13.4. The van der Waals surface area contributed by atoms with Crippen molar-refractivity contribution in [2.45, 2.75) is 26.8 Å². The average Bonchev–Trinajstić information content (AvgIpc) is 2.82. The first-order valence-corrected chi connectivity index (χ1v) is 5.69. The monoisotopic (exact) mass is 248 g/mol. The Balaban J connectivity index is 2.52. The van der Waals surface area contributed by atoms with Crippen LogP contribution in [0.2, 0.25) is 0 Å². The average molecular weight is 248 g/mol. The summed E-state index contributed by atoms with van der Waals surface area (Å²) < 4.78 is 3.80. The molecular formula is C12H16N4O2. The molecule has 0 aliphatic rings. The van der Waals surface area contributed by atoms with E-state index in [2.05, 4.69) is 10.2 Å². The van der Waals surface area contributed by atoms with Gasteiger partial charge in [0.25, 0.3) is 0 Å². The number of carboxylic acid groups (broad SMARTS) is 1. The zero-order valence-electron chi connectivity index (χ0n) is 10.9. The van der Waals surface area contributed by atoms with Crippen LogP contribution in [-0.4, -0.2) is 30.4 Å². The molecule has 1 atom stereocenters. The summed E-state index contributed by atoms with van der Waals surface area (Å²) in [5, 5.41) is 17.0. The largest absolute Gasteiger partial charge is 0.478 e. The standard InChI is InChI=1S/C12H16N4O2/c1-7-5-10(12(17)18)8(2)16(7)9(3)11-14-13-6-15(11)4/h5-6,9H,1-4H3,(H,17,18). The molecule has 0 spiro atoms. The molecular weight excluding hydrogens is 232 g/mol. The molecule has 6 heteroatoms. The van der Waals surface area contributed by atoms with Crippen LogP contribution in [-0.2, 0) is 7.05 Å². The molecule has 1 N–H and O–H groups in total. The van der Waals surface area contributed by atoms with E-state index in [1.165, 1.54) is 0 Å². The van der Waals surface area contributed by atoms with Gasteiger partial charge < -0.3 is 14.2 Å². The van der Waals surface area contributed by atoms with Crippen LogP contribution in [0.4, 0.5) is 0 Å². The van der Waals surface area contributed by atoms with Crippen molar-refractivity contribution in [1.82, 2.24) is 19.3 Å². The lowest BCUT2D eigenvalue weighted by molar-refractivity contribution is 0.0696. The maximum absolute atomic E-state index is 11.1. The number of hydrogen-bond donors (Lipinski definition) is 1. The normalized spacial score (nSPS) is 12.7. The molecule has 2 rings (SSSR count). The molecule has 0 aromatic carbocycles. The Morgan fingerprint density at radius 1 is 1.44 bits per heavy atom. The fourth-order valence-electron chi connectivity index (χ4n) is 2.38. The second kappa shape index (κ2) is 4.29. The van der Waals surface area contributed by atoms with Crippen LogP contribution >= 0.6 is 0 Å². The van der Waals surface area contributed by atoms with Crippen LogP contribution in [0.3, 0.4) is 0 Å². The topological polar surface area (TPSA) is 72.9 Å². The minimum absolute atomic E-state index is 0.0504. The van der Waals surface area contributed by atoms with Crippen molar-refractivity contribution in [3.8, 4) is 0 Å². The third-order valence-corrected chi connectivity index (χ3v) is 3.22. The number of carboxylic acids is 1. The summed E-state index contributed by atoms with van der Waals surface area (Å²) in [4.78, 5) is 11.1. The first-order valence-electron chi connectivity index (χ1n) is 5.69. The zero-order valence-corrected chi connectivity index (χ0v) is 10.9. The Kier molecular flexibility index (Phi) is 2.94. The third kappa shape index (κ3) is 1.79. The summed E-state index contributed by atoms with van der Waals surface area (Å²) in [6.45, 7) is 5.69. The Bertz CT molecular complexity index is 597. The molecule has 18 heavy (non-hydrogen) atoms. The van der Waals surface area contributed by atoms with Gasteiger partial charge in [0.05, 0.1) is 11.6 Å². The van der Waals surface area contributed by atoms with Crippen LogP contribution < -0.4 is 0 Å². The van der Waals surface area contributed by atoms with E-state index in [-0.39, 0.29) is 6.04 Å². The van der Waals surface area contributed by atoms with Gasteiger partial charge in [-0.15, -0.1) is 10.2 Å². The number of aryl methyl sites for hydroxylation is 2. The van der Waals surface area contributed by atoms with E-state index in [0.29, 0.717) is 5.56 Å². The molecule has 6 nitrogen and oxygen atoms in total. The number of nitrogens with zero attached hydrogens (tertiary/aromatic N) is 4. The van der Waals surface area contributed by atoms with Gasteiger partial charge in [0.2, 0.25) is 0 Å². The molecule has 0 aliphatic heterocycles. The van der Waals surface area contributed by atoms with E-state index in [1.54, 1.807) is 12.4 Å². The number of aromatic carboxylic acids is 1. The highest BCUT2D eigenvalue weighted by Crippen LogP contribution is 2.24. The van der Waals surface area contributed by atoms with E-state index in [1.807, 2.05) is 37.0 Å². The first-order chi connectivity index (χ1) is 8.43. The van der Waals surface area contributed by atoms with Gasteiger partial charge in [-0.1, -0.05) is 0 Å². The number of aromatic nitrogens is 4. The van der Waals surface area contributed by atoms with Crippen LogP contribution in [0.1, 0.15) is 40.5 Å². The first kappa shape index (κ1) is 12.3. The maximum Gasteiger partial charge on any atom is 0.337 e. The SMILES string of the molecule is Cc1cc(C(=O)O)c(C)n1C(C)c1nncn1C. The van der Waals surface area contributed by atoms with Crippen molar-refractivity contribution in [3.63, 3.8) is 0 Å². The van der Waals surface area contributed by atoms with Gasteiger partial charge in [0.15, 0.2) is 5.82 Å². The fourth-order valence-corrected chi connectivity index (χ4v) is 2.38. The van der Waals surface area contributed by atoms with Gasteiger partial charge in [-0.05, 0) is 26.8 Å². The fraction of sp³-hybridized carbons (Fsp3) is 0.417. The van der Waals surface area contributed by atoms with Crippen LogP contribution in [0.25, 0.3) is 0 Å². The molecule has 0 aliphatic carbocycles. The molecule has 0 radical (unpaired) electrons. The quantitative estimate of drug-likeness (QED) is 0.894. The van der Waals surface area contributed by atoms with Gasteiger partial charge >= 0.3 is 5.97 Å². The number of carbonyl (C=O) groups is 1. The molecule has 96 valence electrons. The Hall–Kier alpha value is -2.11. The highest BCUT2D eigenvalue weighted by Gasteiger charge is 2.21. The lowest BCUT2D eigenvalue weighted by Gasteiger charge is -2.17. The van der Waals surface area contributed by atoms with Gasteiger partial charge in [-0.25, -0.2) is 4.79 Å². The van der Waals surface area contributed by atoms with Gasteiger partial charge in [-0.2, -0.15) is 0 Å². The van der Waals surface area contributed by atoms with E-state index >= 15 is 0 Å². The second-order valence-corrected chi connectivity index (χ2v) is 4.44. The van der Waals surface area contributed by atoms with Crippen molar-refractivity contribution in [2.75, 3.05) is 0 Å². The second-order valence-electron chi connectivity index (χ2n) is 4.44. The molecule has 2 heterocycles. The minimum atomic E-state index is -0.903. The summed E-state index contributed by atoms with van der Waals surface area (Å²) in [6, 6.07) is 1.63. The maximum atomic E-state index is 11.1. The van der Waals surface area contributed by atoms with Crippen molar-refractivity contribution < 1.29 is 9.90 Å². The van der Waals surface area contributed by atoms with Crippen molar-refractivity contribution >= 4 is 5.97 Å².